The lowest BCUT2D eigenvalue weighted by molar-refractivity contribution is -0.140. The van der Waals surface area contributed by atoms with Gasteiger partial charge in [-0.3, -0.25) is 4.79 Å². The second kappa shape index (κ2) is 6.31. The summed E-state index contributed by atoms with van der Waals surface area (Å²) < 4.78 is 39.0. The van der Waals surface area contributed by atoms with Crippen LogP contribution < -0.4 is 5.32 Å². The summed E-state index contributed by atoms with van der Waals surface area (Å²) in [6.07, 6.45) is -1.92. The Hall–Kier alpha value is -3.56. The number of nitrogens with zero attached hydrogens (tertiary/aromatic N) is 5. The molecular weight excluding hydrogens is 361 g/mol. The third-order valence-corrected chi connectivity index (χ3v) is 3.84. The maximum absolute atomic E-state index is 12.7. The fourth-order valence-electron chi connectivity index (χ4n) is 2.74. The van der Waals surface area contributed by atoms with Crippen LogP contribution in [0.2, 0.25) is 0 Å². The van der Waals surface area contributed by atoms with Crippen molar-refractivity contribution in [3.63, 3.8) is 0 Å². The number of hydrogen-bond acceptors (Lipinski definition) is 5. The highest BCUT2D eigenvalue weighted by atomic mass is 19.4. The zero-order valence-corrected chi connectivity index (χ0v) is 13.6. The standard InChI is InChI=1S/C17H11F3N6O/c18-17(19,20)8-26-9-22-25-15(26)12-5-2-6-13(24-12)23-11-4-1-3-10-7-21-16(27)14(10)11/h1-7,9H,8H2,(H,23,24). The molecule has 0 radical (unpaired) electrons. The molecule has 7 nitrogen and oxygen atoms in total. The fraction of sp³-hybridized carbons (Fsp3) is 0.118. The van der Waals surface area contributed by atoms with E-state index in [9.17, 15) is 18.0 Å². The van der Waals surface area contributed by atoms with Crippen LogP contribution in [0.4, 0.5) is 24.7 Å². The lowest BCUT2D eigenvalue weighted by Crippen LogP contribution is -2.18. The van der Waals surface area contributed by atoms with E-state index >= 15 is 0 Å². The molecule has 1 N–H and O–H groups in total. The summed E-state index contributed by atoms with van der Waals surface area (Å²) in [5, 5.41) is 10.3. The maximum atomic E-state index is 12.7. The number of aromatic nitrogens is 4. The summed E-state index contributed by atoms with van der Waals surface area (Å²) in [7, 11) is 0. The van der Waals surface area contributed by atoms with Crippen LogP contribution in [0.5, 0.6) is 0 Å². The maximum Gasteiger partial charge on any atom is 0.406 e. The molecular formula is C17H11F3N6O. The number of carbonyl (C=O) groups is 1. The molecule has 0 aliphatic carbocycles. The van der Waals surface area contributed by atoms with E-state index in [0.29, 0.717) is 22.6 Å². The number of carbonyl (C=O) groups excluding carboxylic acids is 1. The Balaban J connectivity index is 1.65. The minimum absolute atomic E-state index is 0.00586. The number of rotatable bonds is 4. The zero-order valence-electron chi connectivity index (χ0n) is 13.6. The average Bonchev–Trinajstić information content (AvgIpc) is 3.21. The molecule has 4 rings (SSSR count). The van der Waals surface area contributed by atoms with Crippen molar-refractivity contribution in [3.05, 3.63) is 53.9 Å². The Labute approximate surface area is 150 Å². The second-order valence-electron chi connectivity index (χ2n) is 5.76. The molecule has 3 aromatic rings. The van der Waals surface area contributed by atoms with Crippen LogP contribution in [-0.2, 0) is 6.54 Å². The van der Waals surface area contributed by atoms with Crippen molar-refractivity contribution < 1.29 is 18.0 Å². The molecule has 0 bridgehead atoms. The largest absolute Gasteiger partial charge is 0.406 e. The molecule has 0 saturated heterocycles. The third kappa shape index (κ3) is 3.41. The minimum atomic E-state index is -4.40. The van der Waals surface area contributed by atoms with Gasteiger partial charge in [-0.05, 0) is 18.2 Å². The van der Waals surface area contributed by atoms with Crippen LogP contribution in [0.1, 0.15) is 15.9 Å². The quantitative estimate of drug-likeness (QED) is 0.760. The Morgan fingerprint density at radius 1 is 1.11 bits per heavy atom. The second-order valence-corrected chi connectivity index (χ2v) is 5.76. The number of hydrogen-bond donors (Lipinski definition) is 1. The van der Waals surface area contributed by atoms with E-state index in [1.165, 1.54) is 12.3 Å². The summed E-state index contributed by atoms with van der Waals surface area (Å²) in [6.45, 7) is -1.22. The molecule has 0 atom stereocenters. The van der Waals surface area contributed by atoms with Crippen LogP contribution in [0, 0.1) is 0 Å². The van der Waals surface area contributed by atoms with E-state index in [1.807, 2.05) is 0 Å². The van der Waals surface area contributed by atoms with Gasteiger partial charge in [-0.15, -0.1) is 10.2 Å². The summed E-state index contributed by atoms with van der Waals surface area (Å²) in [6, 6.07) is 10.0. The Kier molecular flexibility index (Phi) is 3.94. The smallest absolute Gasteiger partial charge is 0.340 e. The van der Waals surface area contributed by atoms with Gasteiger partial charge < -0.3 is 9.88 Å². The summed E-state index contributed by atoms with van der Waals surface area (Å²) in [5.74, 6) is -0.0231. The first-order chi connectivity index (χ1) is 12.9. The van der Waals surface area contributed by atoms with Crippen molar-refractivity contribution in [2.24, 2.45) is 4.99 Å². The lowest BCUT2D eigenvalue weighted by atomic mass is 10.1. The van der Waals surface area contributed by atoms with Gasteiger partial charge in [-0.1, -0.05) is 18.2 Å². The van der Waals surface area contributed by atoms with E-state index in [2.05, 4.69) is 25.5 Å². The molecule has 1 aliphatic heterocycles. The van der Waals surface area contributed by atoms with E-state index in [4.69, 9.17) is 0 Å². The molecule has 10 heteroatoms. The minimum Gasteiger partial charge on any atom is -0.340 e. The van der Waals surface area contributed by atoms with Crippen molar-refractivity contribution in [2.75, 3.05) is 5.32 Å². The van der Waals surface area contributed by atoms with Crippen LogP contribution in [0.3, 0.4) is 0 Å². The van der Waals surface area contributed by atoms with E-state index in [-0.39, 0.29) is 17.4 Å². The summed E-state index contributed by atoms with van der Waals surface area (Å²) >= 11 is 0. The summed E-state index contributed by atoms with van der Waals surface area (Å²) in [5.41, 5.74) is 1.84. The van der Waals surface area contributed by atoms with Gasteiger partial charge in [-0.25, -0.2) is 9.98 Å². The molecule has 0 fully saturated rings. The first kappa shape index (κ1) is 16.9. The molecule has 0 spiro atoms. The number of halogens is 3. The molecule has 2 aromatic heterocycles. The van der Waals surface area contributed by atoms with E-state index < -0.39 is 12.7 Å². The van der Waals surface area contributed by atoms with Crippen molar-refractivity contribution in [3.8, 4) is 11.5 Å². The topological polar surface area (TPSA) is 85.1 Å². The van der Waals surface area contributed by atoms with E-state index in [1.54, 1.807) is 30.3 Å². The molecule has 27 heavy (non-hydrogen) atoms. The first-order valence-corrected chi connectivity index (χ1v) is 7.81. The van der Waals surface area contributed by atoms with Gasteiger partial charge in [-0.2, -0.15) is 13.2 Å². The molecule has 1 aliphatic rings. The fourth-order valence-corrected chi connectivity index (χ4v) is 2.74. The Bertz CT molecular complexity index is 1060. The number of fused-ring (bicyclic) bond motifs is 1. The molecule has 1 amide bonds. The van der Waals surface area contributed by atoms with Crippen molar-refractivity contribution in [1.29, 1.82) is 0 Å². The number of benzene rings is 1. The van der Waals surface area contributed by atoms with Crippen LogP contribution in [-0.4, -0.2) is 38.0 Å². The molecule has 0 saturated carbocycles. The van der Waals surface area contributed by atoms with Gasteiger partial charge >= 0.3 is 6.18 Å². The zero-order chi connectivity index (χ0) is 19.0. The molecule has 136 valence electrons. The van der Waals surface area contributed by atoms with Gasteiger partial charge in [0.1, 0.15) is 24.4 Å². The van der Waals surface area contributed by atoms with Crippen molar-refractivity contribution in [2.45, 2.75) is 12.7 Å². The van der Waals surface area contributed by atoms with Crippen LogP contribution >= 0.6 is 0 Å². The molecule has 0 unspecified atom stereocenters. The van der Waals surface area contributed by atoms with Crippen LogP contribution in [0.15, 0.2) is 47.7 Å². The van der Waals surface area contributed by atoms with Gasteiger partial charge in [0.15, 0.2) is 5.82 Å². The highest BCUT2D eigenvalue weighted by molar-refractivity contribution is 6.16. The Morgan fingerprint density at radius 3 is 2.74 bits per heavy atom. The third-order valence-electron chi connectivity index (χ3n) is 3.84. The summed E-state index contributed by atoms with van der Waals surface area (Å²) in [4.78, 5) is 20.0. The highest BCUT2D eigenvalue weighted by Crippen LogP contribution is 2.27. The predicted octanol–water partition coefficient (Wildman–Crippen LogP) is 3.22. The first-order valence-electron chi connectivity index (χ1n) is 7.81. The van der Waals surface area contributed by atoms with Gasteiger partial charge in [0.05, 0.1) is 11.3 Å². The van der Waals surface area contributed by atoms with Gasteiger partial charge in [0, 0.05) is 11.8 Å². The highest BCUT2D eigenvalue weighted by Gasteiger charge is 2.29. The number of aliphatic imine (C=N–C) groups is 1. The van der Waals surface area contributed by atoms with E-state index in [0.717, 1.165) is 10.9 Å². The van der Waals surface area contributed by atoms with Gasteiger partial charge in [0.25, 0.3) is 5.91 Å². The predicted molar refractivity (Wildman–Crippen MR) is 91.0 cm³/mol. The van der Waals surface area contributed by atoms with Gasteiger partial charge in [0.2, 0.25) is 0 Å². The molecule has 1 aromatic carbocycles. The number of anilines is 2. The normalized spacial score (nSPS) is 13.1. The number of alkyl halides is 3. The van der Waals surface area contributed by atoms with Crippen LogP contribution in [0.25, 0.3) is 11.5 Å². The SMILES string of the molecule is O=C1N=Cc2cccc(Nc3cccc(-c4nncn4CC(F)(F)F)n3)c21. The number of pyridine rings is 1. The number of amides is 1. The molecule has 3 heterocycles. The Morgan fingerprint density at radius 2 is 1.93 bits per heavy atom. The van der Waals surface area contributed by atoms with Crippen molar-refractivity contribution in [1.82, 2.24) is 19.7 Å². The average molecular weight is 372 g/mol. The monoisotopic (exact) mass is 372 g/mol. The lowest BCUT2D eigenvalue weighted by Gasteiger charge is -2.11. The number of nitrogens with one attached hydrogen (secondary N) is 1. The van der Waals surface area contributed by atoms with Crippen molar-refractivity contribution >= 4 is 23.6 Å².